The minimum absolute atomic E-state index is 0.0430. The number of thiazole rings is 1. The number of nitrogens with one attached hydrogen (secondary N) is 2. The molecule has 3 aromatic rings. The van der Waals surface area contributed by atoms with Crippen molar-refractivity contribution in [3.05, 3.63) is 75.5 Å². The number of nitriles is 1. The van der Waals surface area contributed by atoms with Gasteiger partial charge in [-0.1, -0.05) is 47.2 Å². The van der Waals surface area contributed by atoms with Gasteiger partial charge in [-0.3, -0.25) is 9.52 Å². The Labute approximate surface area is 193 Å². The summed E-state index contributed by atoms with van der Waals surface area (Å²) in [5, 5.41) is 11.8. The van der Waals surface area contributed by atoms with E-state index in [0.717, 1.165) is 40.7 Å². The van der Waals surface area contributed by atoms with Gasteiger partial charge in [0.25, 0.3) is 15.9 Å². The summed E-state index contributed by atoms with van der Waals surface area (Å²) in [7, 11) is -4.09. The number of carbonyl (C=O) groups is 1. The number of rotatable bonds is 7. The number of benzene rings is 2. The second kappa shape index (κ2) is 9.24. The summed E-state index contributed by atoms with van der Waals surface area (Å²) in [6, 6.07) is 12.4. The van der Waals surface area contributed by atoms with Crippen molar-refractivity contribution < 1.29 is 17.6 Å². The highest BCUT2D eigenvalue weighted by atomic mass is 35.5. The second-order valence-corrected chi connectivity index (χ2v) is 10.7. The van der Waals surface area contributed by atoms with Crippen LogP contribution in [0.25, 0.3) is 0 Å². The SMILES string of the molecule is CC(C)(C#N)c1ccc(CNC(=O)c2ccc(S(=O)(=O)Nc3ncc(Cl)s3)cc2F)cc1. The predicted octanol–water partition coefficient (Wildman–Crippen LogP) is 4.47. The summed E-state index contributed by atoms with van der Waals surface area (Å²) < 4.78 is 41.8. The fraction of sp³-hybridized carbons (Fsp3) is 0.190. The summed E-state index contributed by atoms with van der Waals surface area (Å²) in [6.07, 6.45) is 1.29. The van der Waals surface area contributed by atoms with E-state index < -0.39 is 27.2 Å². The van der Waals surface area contributed by atoms with Crippen LogP contribution in [0, 0.1) is 17.1 Å². The number of anilines is 1. The molecule has 1 heterocycles. The van der Waals surface area contributed by atoms with E-state index in [1.807, 2.05) is 0 Å². The van der Waals surface area contributed by atoms with Crippen molar-refractivity contribution in [3.8, 4) is 6.07 Å². The zero-order valence-electron chi connectivity index (χ0n) is 17.0. The number of nitrogens with zero attached hydrogens (tertiary/aromatic N) is 2. The first kappa shape index (κ1) is 23.7. The van der Waals surface area contributed by atoms with Gasteiger partial charge in [0.15, 0.2) is 5.13 Å². The summed E-state index contributed by atoms with van der Waals surface area (Å²) in [5.41, 5.74) is 0.685. The Morgan fingerprint density at radius 1 is 1.25 bits per heavy atom. The molecule has 0 saturated carbocycles. The molecule has 1 aromatic heterocycles. The maximum atomic E-state index is 14.5. The van der Waals surface area contributed by atoms with Crippen LogP contribution in [-0.2, 0) is 22.0 Å². The van der Waals surface area contributed by atoms with Gasteiger partial charge in [0.1, 0.15) is 10.2 Å². The molecule has 0 aliphatic rings. The molecule has 0 bridgehead atoms. The quantitative estimate of drug-likeness (QED) is 0.505. The van der Waals surface area contributed by atoms with Gasteiger partial charge in [0, 0.05) is 6.54 Å². The van der Waals surface area contributed by atoms with Crippen molar-refractivity contribution >= 4 is 44.0 Å². The van der Waals surface area contributed by atoms with E-state index in [2.05, 4.69) is 21.1 Å². The van der Waals surface area contributed by atoms with Crippen molar-refractivity contribution in [2.75, 3.05) is 4.72 Å². The molecule has 0 aliphatic carbocycles. The maximum absolute atomic E-state index is 14.5. The Bertz CT molecular complexity index is 1300. The van der Waals surface area contributed by atoms with E-state index in [1.165, 1.54) is 6.20 Å². The van der Waals surface area contributed by atoms with Crippen molar-refractivity contribution in [2.24, 2.45) is 0 Å². The Balaban J connectivity index is 1.68. The lowest BCUT2D eigenvalue weighted by Gasteiger charge is -2.16. The summed E-state index contributed by atoms with van der Waals surface area (Å²) in [5.74, 6) is -1.67. The Morgan fingerprint density at radius 3 is 2.50 bits per heavy atom. The third-order valence-electron chi connectivity index (χ3n) is 4.60. The van der Waals surface area contributed by atoms with E-state index in [1.54, 1.807) is 38.1 Å². The lowest BCUT2D eigenvalue weighted by molar-refractivity contribution is 0.0946. The van der Waals surface area contributed by atoms with E-state index in [9.17, 15) is 22.9 Å². The molecule has 166 valence electrons. The topological polar surface area (TPSA) is 112 Å². The first-order chi connectivity index (χ1) is 15.0. The van der Waals surface area contributed by atoms with Crippen LogP contribution in [0.15, 0.2) is 53.6 Å². The first-order valence-electron chi connectivity index (χ1n) is 9.24. The van der Waals surface area contributed by atoms with Crippen LogP contribution in [0.3, 0.4) is 0 Å². The number of amides is 1. The number of aromatic nitrogens is 1. The van der Waals surface area contributed by atoms with Crippen molar-refractivity contribution in [1.29, 1.82) is 5.26 Å². The molecule has 0 spiro atoms. The summed E-state index contributed by atoms with van der Waals surface area (Å²) in [4.78, 5) is 15.8. The molecule has 0 saturated heterocycles. The van der Waals surface area contributed by atoms with E-state index in [4.69, 9.17) is 11.6 Å². The first-order valence-corrected chi connectivity index (χ1v) is 11.9. The normalized spacial score (nSPS) is 11.6. The third kappa shape index (κ3) is 5.43. The molecule has 0 radical (unpaired) electrons. The molecule has 32 heavy (non-hydrogen) atoms. The smallest absolute Gasteiger partial charge is 0.263 e. The van der Waals surface area contributed by atoms with E-state index >= 15 is 0 Å². The highest BCUT2D eigenvalue weighted by molar-refractivity contribution is 7.93. The van der Waals surface area contributed by atoms with Crippen LogP contribution in [-0.4, -0.2) is 19.3 Å². The molecule has 0 aliphatic heterocycles. The number of carbonyl (C=O) groups excluding carboxylic acids is 1. The second-order valence-electron chi connectivity index (χ2n) is 7.33. The summed E-state index contributed by atoms with van der Waals surface area (Å²) >= 11 is 6.65. The van der Waals surface area contributed by atoms with Gasteiger partial charge in [0.05, 0.1) is 28.1 Å². The average molecular weight is 493 g/mol. The molecule has 1 amide bonds. The van der Waals surface area contributed by atoms with Crippen LogP contribution in [0.1, 0.15) is 35.3 Å². The van der Waals surface area contributed by atoms with Crippen LogP contribution < -0.4 is 10.0 Å². The lowest BCUT2D eigenvalue weighted by atomic mass is 9.86. The molecule has 3 rings (SSSR count). The molecule has 0 atom stereocenters. The standard InChI is InChI=1S/C21H18ClFN4O3S2/c1-21(2,12-24)14-5-3-13(4-6-14)10-25-19(28)16-8-7-15(9-17(16)23)32(29,30)27-20-26-11-18(22)31-20/h3-9,11H,10H2,1-2H3,(H,25,28)(H,26,27). The molecule has 7 nitrogen and oxygen atoms in total. The van der Waals surface area contributed by atoms with Gasteiger partial charge >= 0.3 is 0 Å². The zero-order valence-corrected chi connectivity index (χ0v) is 19.4. The van der Waals surface area contributed by atoms with Crippen molar-refractivity contribution in [2.45, 2.75) is 30.7 Å². The van der Waals surface area contributed by atoms with E-state index in [0.29, 0.717) is 4.34 Å². The molecule has 11 heteroatoms. The minimum atomic E-state index is -4.09. The van der Waals surface area contributed by atoms with Crippen LogP contribution in [0.2, 0.25) is 4.34 Å². The lowest BCUT2D eigenvalue weighted by Crippen LogP contribution is -2.24. The average Bonchev–Trinajstić information content (AvgIpc) is 3.16. The monoisotopic (exact) mass is 492 g/mol. The fourth-order valence-corrected chi connectivity index (χ4v) is 4.77. The number of halogens is 2. The largest absolute Gasteiger partial charge is 0.348 e. The van der Waals surface area contributed by atoms with Gasteiger partial charge in [-0.05, 0) is 43.2 Å². The Kier molecular flexibility index (Phi) is 6.83. The predicted molar refractivity (Wildman–Crippen MR) is 121 cm³/mol. The maximum Gasteiger partial charge on any atom is 0.263 e. The van der Waals surface area contributed by atoms with Gasteiger partial charge in [-0.15, -0.1) is 0 Å². The molecule has 0 fully saturated rings. The van der Waals surface area contributed by atoms with Gasteiger partial charge in [0.2, 0.25) is 0 Å². The zero-order chi connectivity index (χ0) is 23.5. The molecule has 2 N–H and O–H groups in total. The van der Waals surface area contributed by atoms with Gasteiger partial charge < -0.3 is 5.32 Å². The number of hydrogen-bond donors (Lipinski definition) is 2. The fourth-order valence-electron chi connectivity index (χ4n) is 2.70. The number of hydrogen-bond acceptors (Lipinski definition) is 6. The summed E-state index contributed by atoms with van der Waals surface area (Å²) in [6.45, 7) is 3.74. The van der Waals surface area contributed by atoms with E-state index in [-0.39, 0.29) is 22.1 Å². The molecule has 2 aromatic carbocycles. The Hall–Kier alpha value is -3.00. The third-order valence-corrected chi connectivity index (χ3v) is 7.10. The van der Waals surface area contributed by atoms with Crippen molar-refractivity contribution in [3.63, 3.8) is 0 Å². The number of sulfonamides is 1. The molecular formula is C21H18ClFN4O3S2. The molecule has 0 unspecified atom stereocenters. The highest BCUT2D eigenvalue weighted by Crippen LogP contribution is 2.26. The van der Waals surface area contributed by atoms with Crippen molar-refractivity contribution in [1.82, 2.24) is 10.3 Å². The van der Waals surface area contributed by atoms with Crippen LogP contribution in [0.5, 0.6) is 0 Å². The Morgan fingerprint density at radius 2 is 1.94 bits per heavy atom. The van der Waals surface area contributed by atoms with Gasteiger partial charge in [-0.25, -0.2) is 17.8 Å². The van der Waals surface area contributed by atoms with Crippen LogP contribution in [0.4, 0.5) is 9.52 Å². The minimum Gasteiger partial charge on any atom is -0.348 e. The molecular weight excluding hydrogens is 475 g/mol. The van der Waals surface area contributed by atoms with Gasteiger partial charge in [-0.2, -0.15) is 5.26 Å². The highest BCUT2D eigenvalue weighted by Gasteiger charge is 2.21. The van der Waals surface area contributed by atoms with Crippen LogP contribution >= 0.6 is 22.9 Å².